The fourth-order valence-electron chi connectivity index (χ4n) is 2.74. The lowest BCUT2D eigenvalue weighted by molar-refractivity contribution is -0.0501. The second-order valence-electron chi connectivity index (χ2n) is 8.30. The van der Waals surface area contributed by atoms with Crippen LogP contribution in [0.1, 0.15) is 39.2 Å². The summed E-state index contributed by atoms with van der Waals surface area (Å²) in [5, 5.41) is 0.217. The van der Waals surface area contributed by atoms with Gasteiger partial charge in [-0.05, 0) is 29.8 Å². The fourth-order valence-corrected chi connectivity index (χ4v) is 4.53. The SMILES string of the molecule is C=C[C@H]1C[C@H](O[Si](C)(C)C(C)(C)C)C[C@@H](/C=C/c2ccccc2Br)O1. The van der Waals surface area contributed by atoms with Crippen molar-refractivity contribution in [1.82, 2.24) is 0 Å². The topological polar surface area (TPSA) is 18.5 Å². The maximum absolute atomic E-state index is 6.65. The number of hydrogen-bond acceptors (Lipinski definition) is 2. The van der Waals surface area contributed by atoms with Crippen LogP contribution in [0.25, 0.3) is 6.08 Å². The van der Waals surface area contributed by atoms with Crippen molar-refractivity contribution in [2.75, 3.05) is 0 Å². The van der Waals surface area contributed by atoms with Crippen molar-refractivity contribution in [3.8, 4) is 0 Å². The van der Waals surface area contributed by atoms with Crippen LogP contribution >= 0.6 is 15.9 Å². The smallest absolute Gasteiger partial charge is 0.192 e. The summed E-state index contributed by atoms with van der Waals surface area (Å²) in [6.45, 7) is 15.4. The minimum absolute atomic E-state index is 0.0531. The predicted octanol–water partition coefficient (Wildman–Crippen LogP) is 6.59. The third-order valence-corrected chi connectivity index (χ3v) is 10.5. The number of halogens is 1. The van der Waals surface area contributed by atoms with Gasteiger partial charge in [0.05, 0.1) is 18.3 Å². The first-order valence-electron chi connectivity index (χ1n) is 9.01. The quantitative estimate of drug-likeness (QED) is 0.393. The molecule has 0 N–H and O–H groups in total. The molecule has 1 fully saturated rings. The van der Waals surface area contributed by atoms with Crippen LogP contribution in [0, 0.1) is 0 Å². The average molecular weight is 423 g/mol. The second kappa shape index (κ2) is 8.34. The monoisotopic (exact) mass is 422 g/mol. The van der Waals surface area contributed by atoms with Gasteiger partial charge >= 0.3 is 0 Å². The van der Waals surface area contributed by atoms with E-state index in [-0.39, 0.29) is 23.4 Å². The lowest BCUT2D eigenvalue weighted by Crippen LogP contribution is -2.47. The first-order chi connectivity index (χ1) is 11.6. The van der Waals surface area contributed by atoms with Gasteiger partial charge in [0.2, 0.25) is 0 Å². The molecule has 1 saturated heterocycles. The van der Waals surface area contributed by atoms with Crippen molar-refractivity contribution in [2.24, 2.45) is 0 Å². The Morgan fingerprint density at radius 1 is 1.20 bits per heavy atom. The Bertz CT molecular complexity index is 619. The van der Waals surface area contributed by atoms with Gasteiger partial charge in [0.1, 0.15) is 0 Å². The summed E-state index contributed by atoms with van der Waals surface area (Å²) in [7, 11) is -1.78. The summed E-state index contributed by atoms with van der Waals surface area (Å²) < 4.78 is 13.9. The molecule has 2 rings (SSSR count). The first-order valence-corrected chi connectivity index (χ1v) is 12.7. The summed E-state index contributed by atoms with van der Waals surface area (Å²) in [6.07, 6.45) is 8.32. The molecule has 138 valence electrons. The molecule has 25 heavy (non-hydrogen) atoms. The van der Waals surface area contributed by atoms with E-state index in [9.17, 15) is 0 Å². The lowest BCUT2D eigenvalue weighted by atomic mass is 10.00. The Morgan fingerprint density at radius 3 is 2.44 bits per heavy atom. The van der Waals surface area contributed by atoms with Gasteiger partial charge in [-0.3, -0.25) is 0 Å². The molecular weight excluding hydrogens is 392 g/mol. The van der Waals surface area contributed by atoms with Gasteiger partial charge in [-0.2, -0.15) is 0 Å². The van der Waals surface area contributed by atoms with Crippen molar-refractivity contribution in [1.29, 1.82) is 0 Å². The third-order valence-electron chi connectivity index (χ3n) is 5.27. The zero-order valence-electron chi connectivity index (χ0n) is 16.1. The summed E-state index contributed by atoms with van der Waals surface area (Å²) in [6, 6.07) is 8.22. The third kappa shape index (κ3) is 5.65. The van der Waals surface area contributed by atoms with Gasteiger partial charge in [-0.25, -0.2) is 0 Å². The maximum Gasteiger partial charge on any atom is 0.192 e. The minimum Gasteiger partial charge on any atom is -0.414 e. The van der Waals surface area contributed by atoms with Crippen LogP contribution in [0.4, 0.5) is 0 Å². The van der Waals surface area contributed by atoms with Crippen molar-refractivity contribution in [2.45, 2.75) is 70.1 Å². The molecule has 1 aromatic carbocycles. The van der Waals surface area contributed by atoms with E-state index in [0.717, 1.165) is 22.9 Å². The van der Waals surface area contributed by atoms with E-state index in [1.807, 2.05) is 18.2 Å². The highest BCUT2D eigenvalue weighted by Gasteiger charge is 2.41. The maximum atomic E-state index is 6.65. The highest BCUT2D eigenvalue weighted by molar-refractivity contribution is 9.10. The molecule has 0 aromatic heterocycles. The molecule has 1 heterocycles. The molecule has 2 nitrogen and oxygen atoms in total. The Hall–Kier alpha value is -0.683. The molecule has 1 aliphatic rings. The van der Waals surface area contributed by atoms with E-state index in [1.54, 1.807) is 0 Å². The summed E-state index contributed by atoms with van der Waals surface area (Å²) in [4.78, 5) is 0. The molecule has 0 spiro atoms. The predicted molar refractivity (Wildman–Crippen MR) is 113 cm³/mol. The van der Waals surface area contributed by atoms with Crippen molar-refractivity contribution >= 4 is 30.3 Å². The van der Waals surface area contributed by atoms with Crippen molar-refractivity contribution in [3.63, 3.8) is 0 Å². The van der Waals surface area contributed by atoms with E-state index in [1.165, 1.54) is 0 Å². The average Bonchev–Trinajstić information content (AvgIpc) is 2.52. The molecular formula is C21H31BrO2Si. The molecule has 1 aliphatic heterocycles. The molecule has 0 unspecified atom stereocenters. The van der Waals surface area contributed by atoms with Gasteiger partial charge in [0.15, 0.2) is 8.32 Å². The van der Waals surface area contributed by atoms with Crippen LogP contribution < -0.4 is 0 Å². The standard InChI is InChI=1S/C21H31BrO2Si/c1-7-17-14-19(24-25(5,6)21(2,3)4)15-18(23-17)13-12-16-10-8-9-11-20(16)22/h7-13,17-19H,1,14-15H2,2-6H3/b13-12+/t17-,18+,19-/m0/s1. The van der Waals surface area contributed by atoms with Crippen molar-refractivity contribution < 1.29 is 9.16 Å². The zero-order chi connectivity index (χ0) is 18.7. The lowest BCUT2D eigenvalue weighted by Gasteiger charge is -2.42. The van der Waals surface area contributed by atoms with Crippen LogP contribution in [0.2, 0.25) is 18.1 Å². The van der Waals surface area contributed by atoms with Gasteiger partial charge in [0.25, 0.3) is 0 Å². The van der Waals surface area contributed by atoms with Crippen LogP contribution in [-0.4, -0.2) is 26.6 Å². The van der Waals surface area contributed by atoms with E-state index < -0.39 is 8.32 Å². The van der Waals surface area contributed by atoms with Crippen LogP contribution in [0.3, 0.4) is 0 Å². The van der Waals surface area contributed by atoms with Gasteiger partial charge in [0, 0.05) is 17.3 Å². The Balaban J connectivity index is 2.10. The molecule has 3 atom stereocenters. The highest BCUT2D eigenvalue weighted by atomic mass is 79.9. The van der Waals surface area contributed by atoms with Gasteiger partial charge in [-0.1, -0.05) is 73.1 Å². The molecule has 0 saturated carbocycles. The van der Waals surface area contributed by atoms with Crippen LogP contribution in [0.15, 0.2) is 47.5 Å². The van der Waals surface area contributed by atoms with E-state index in [2.05, 4.69) is 80.7 Å². The van der Waals surface area contributed by atoms with Gasteiger partial charge < -0.3 is 9.16 Å². The number of ether oxygens (including phenoxy) is 1. The molecule has 0 aliphatic carbocycles. The number of benzene rings is 1. The first kappa shape index (κ1) is 20.6. The minimum atomic E-state index is -1.78. The molecule has 4 heteroatoms. The second-order valence-corrected chi connectivity index (χ2v) is 13.9. The normalized spacial score (nSPS) is 25.3. The number of hydrogen-bond donors (Lipinski definition) is 0. The highest BCUT2D eigenvalue weighted by Crippen LogP contribution is 2.39. The molecule has 0 radical (unpaired) electrons. The number of rotatable bonds is 5. The molecule has 0 bridgehead atoms. The van der Waals surface area contributed by atoms with E-state index >= 15 is 0 Å². The Morgan fingerprint density at radius 2 is 1.84 bits per heavy atom. The van der Waals surface area contributed by atoms with Crippen LogP contribution in [-0.2, 0) is 9.16 Å². The van der Waals surface area contributed by atoms with Crippen LogP contribution in [0.5, 0.6) is 0 Å². The molecule has 0 amide bonds. The van der Waals surface area contributed by atoms with Gasteiger partial charge in [-0.15, -0.1) is 6.58 Å². The van der Waals surface area contributed by atoms with Crippen molar-refractivity contribution in [3.05, 3.63) is 53.0 Å². The summed E-state index contributed by atoms with van der Waals surface area (Å²) in [5.74, 6) is 0. The summed E-state index contributed by atoms with van der Waals surface area (Å²) in [5.41, 5.74) is 1.16. The Labute approximate surface area is 162 Å². The molecule has 1 aromatic rings. The zero-order valence-corrected chi connectivity index (χ0v) is 18.7. The van der Waals surface area contributed by atoms with E-state index in [4.69, 9.17) is 9.16 Å². The Kier molecular flexibility index (Phi) is 6.88. The fraction of sp³-hybridized carbons (Fsp3) is 0.524. The largest absolute Gasteiger partial charge is 0.414 e. The summed E-state index contributed by atoms with van der Waals surface area (Å²) >= 11 is 3.59. The van der Waals surface area contributed by atoms with E-state index in [0.29, 0.717) is 0 Å².